The molecule has 0 aromatic carbocycles. The van der Waals surface area contributed by atoms with E-state index in [4.69, 9.17) is 5.26 Å². The van der Waals surface area contributed by atoms with E-state index < -0.39 is 0 Å². The summed E-state index contributed by atoms with van der Waals surface area (Å²) < 4.78 is 0. The van der Waals surface area contributed by atoms with Crippen molar-refractivity contribution in [1.29, 1.82) is 5.26 Å². The molecule has 0 bridgehead atoms. The van der Waals surface area contributed by atoms with E-state index in [9.17, 15) is 4.79 Å². The molecule has 1 N–H and O–H groups in total. The second-order valence-corrected chi connectivity index (χ2v) is 5.12. The lowest BCUT2D eigenvalue weighted by molar-refractivity contribution is -0.117. The van der Waals surface area contributed by atoms with Crippen LogP contribution in [-0.2, 0) is 4.79 Å². The fourth-order valence-corrected chi connectivity index (χ4v) is 2.28. The smallest absolute Gasteiger partial charge is 0.263 e. The average Bonchev–Trinajstić information content (AvgIpc) is 2.59. The number of hydrogen-bond acceptors (Lipinski definition) is 5. The van der Waals surface area contributed by atoms with Gasteiger partial charge in [-0.2, -0.15) is 5.26 Å². The zero-order valence-electron chi connectivity index (χ0n) is 12.8. The lowest BCUT2D eigenvalue weighted by Gasteiger charge is -2.34. The first-order chi connectivity index (χ1) is 10.7. The largest absolute Gasteiger partial charge is 0.373 e. The topological polar surface area (TPSA) is 72.3 Å². The van der Waals surface area contributed by atoms with Gasteiger partial charge in [0.2, 0.25) is 0 Å². The van der Waals surface area contributed by atoms with Crippen molar-refractivity contribution in [2.45, 2.75) is 13.3 Å². The van der Waals surface area contributed by atoms with Crippen LogP contribution in [0.15, 0.2) is 36.2 Å². The number of piperazine rings is 1. The molecule has 116 valence electrons. The van der Waals surface area contributed by atoms with Gasteiger partial charge in [-0.15, -0.1) is 0 Å². The number of anilines is 1. The summed E-state index contributed by atoms with van der Waals surface area (Å²) >= 11 is 0. The number of aromatic nitrogens is 1. The Bertz CT molecular complexity index is 556. The molecule has 0 unspecified atom stereocenters. The van der Waals surface area contributed by atoms with Gasteiger partial charge < -0.3 is 15.1 Å². The fraction of sp³-hybridized carbons (Fsp3) is 0.438. The van der Waals surface area contributed by atoms with Crippen molar-refractivity contribution < 1.29 is 4.79 Å². The van der Waals surface area contributed by atoms with Crippen LogP contribution in [0, 0.1) is 11.3 Å². The van der Waals surface area contributed by atoms with Crippen molar-refractivity contribution in [2.75, 3.05) is 37.6 Å². The van der Waals surface area contributed by atoms with E-state index in [1.807, 2.05) is 36.1 Å². The van der Waals surface area contributed by atoms with Gasteiger partial charge in [-0.1, -0.05) is 13.0 Å². The van der Waals surface area contributed by atoms with Crippen LogP contribution in [-0.4, -0.2) is 48.5 Å². The van der Waals surface area contributed by atoms with Gasteiger partial charge in [0, 0.05) is 45.1 Å². The van der Waals surface area contributed by atoms with Gasteiger partial charge in [-0.3, -0.25) is 4.79 Å². The molecule has 1 saturated heterocycles. The molecule has 0 atom stereocenters. The van der Waals surface area contributed by atoms with Crippen molar-refractivity contribution >= 4 is 11.7 Å². The standard InChI is InChI=1S/C16H21N5O/c1-2-6-19-16(22)14(12-17)13-20-8-10-21(11-9-20)15-5-3-4-7-18-15/h3-5,7,13H,2,6,8-11H2,1H3,(H,19,22)/b14-13-. The molecule has 0 aliphatic carbocycles. The zero-order chi connectivity index (χ0) is 15.8. The molecule has 0 saturated carbocycles. The second-order valence-electron chi connectivity index (χ2n) is 5.12. The molecule has 1 aromatic rings. The van der Waals surface area contributed by atoms with Gasteiger partial charge in [-0.05, 0) is 18.6 Å². The number of pyridine rings is 1. The van der Waals surface area contributed by atoms with Crippen LogP contribution >= 0.6 is 0 Å². The second kappa shape index (κ2) is 8.03. The van der Waals surface area contributed by atoms with Gasteiger partial charge in [0.15, 0.2) is 0 Å². The minimum Gasteiger partial charge on any atom is -0.373 e. The van der Waals surface area contributed by atoms with Gasteiger partial charge >= 0.3 is 0 Å². The molecule has 6 nitrogen and oxygen atoms in total. The quantitative estimate of drug-likeness (QED) is 0.652. The van der Waals surface area contributed by atoms with Gasteiger partial charge in [-0.25, -0.2) is 4.98 Å². The van der Waals surface area contributed by atoms with Crippen LogP contribution in [0.2, 0.25) is 0 Å². The van der Waals surface area contributed by atoms with Gasteiger partial charge in [0.1, 0.15) is 17.5 Å². The Balaban J connectivity index is 1.92. The third-order valence-corrected chi connectivity index (χ3v) is 3.50. The number of hydrogen-bond donors (Lipinski definition) is 1. The molecule has 0 radical (unpaired) electrons. The summed E-state index contributed by atoms with van der Waals surface area (Å²) in [7, 11) is 0. The molecule has 0 spiro atoms. The minimum atomic E-state index is -0.295. The van der Waals surface area contributed by atoms with Crippen LogP contribution < -0.4 is 10.2 Å². The highest BCUT2D eigenvalue weighted by Crippen LogP contribution is 2.13. The van der Waals surface area contributed by atoms with Gasteiger partial charge in [0.25, 0.3) is 5.91 Å². The maximum absolute atomic E-state index is 11.8. The van der Waals surface area contributed by atoms with Crippen molar-refractivity contribution in [3.8, 4) is 6.07 Å². The van der Waals surface area contributed by atoms with Crippen molar-refractivity contribution in [1.82, 2.24) is 15.2 Å². The lowest BCUT2D eigenvalue weighted by atomic mass is 10.2. The number of nitrogens with one attached hydrogen (secondary N) is 1. The Morgan fingerprint density at radius 3 is 2.77 bits per heavy atom. The van der Waals surface area contributed by atoms with E-state index >= 15 is 0 Å². The van der Waals surface area contributed by atoms with E-state index in [0.717, 1.165) is 38.4 Å². The summed E-state index contributed by atoms with van der Waals surface area (Å²) in [5.74, 6) is 0.670. The molecular weight excluding hydrogens is 278 g/mol. The van der Waals surface area contributed by atoms with Crippen LogP contribution in [0.4, 0.5) is 5.82 Å². The Kier molecular flexibility index (Phi) is 5.78. The third-order valence-electron chi connectivity index (χ3n) is 3.50. The number of rotatable bonds is 5. The predicted octanol–water partition coefficient (Wildman–Crippen LogP) is 1.14. The molecule has 1 aromatic heterocycles. The predicted molar refractivity (Wildman–Crippen MR) is 85.0 cm³/mol. The van der Waals surface area contributed by atoms with Gasteiger partial charge in [0.05, 0.1) is 0 Å². The highest BCUT2D eigenvalue weighted by molar-refractivity contribution is 5.97. The van der Waals surface area contributed by atoms with Crippen molar-refractivity contribution in [3.05, 3.63) is 36.2 Å². The van der Waals surface area contributed by atoms with E-state index in [2.05, 4.69) is 15.2 Å². The molecule has 6 heteroatoms. The normalized spacial score (nSPS) is 15.4. The summed E-state index contributed by atoms with van der Waals surface area (Å²) in [4.78, 5) is 20.4. The van der Waals surface area contributed by atoms with E-state index in [0.29, 0.717) is 6.54 Å². The van der Waals surface area contributed by atoms with Crippen molar-refractivity contribution in [3.63, 3.8) is 0 Å². The highest BCUT2D eigenvalue weighted by atomic mass is 16.1. The maximum atomic E-state index is 11.8. The molecule has 1 amide bonds. The first kappa shape index (κ1) is 15.8. The van der Waals surface area contributed by atoms with Crippen LogP contribution in [0.5, 0.6) is 0 Å². The zero-order valence-corrected chi connectivity index (χ0v) is 12.8. The Labute approximate surface area is 131 Å². The molecule has 22 heavy (non-hydrogen) atoms. The Morgan fingerprint density at radius 2 is 2.18 bits per heavy atom. The molecule has 1 aliphatic heterocycles. The van der Waals surface area contributed by atoms with Crippen LogP contribution in [0.1, 0.15) is 13.3 Å². The number of carbonyl (C=O) groups is 1. The van der Waals surface area contributed by atoms with E-state index in [1.54, 1.807) is 12.4 Å². The SMILES string of the molecule is CCCNC(=O)/C(C#N)=C\N1CCN(c2ccccn2)CC1. The first-order valence-corrected chi connectivity index (χ1v) is 7.54. The van der Waals surface area contributed by atoms with Crippen molar-refractivity contribution in [2.24, 2.45) is 0 Å². The number of carbonyl (C=O) groups excluding carboxylic acids is 1. The van der Waals surface area contributed by atoms with E-state index in [-0.39, 0.29) is 11.5 Å². The molecule has 1 aliphatic rings. The summed E-state index contributed by atoms with van der Waals surface area (Å²) in [6.07, 6.45) is 4.31. The first-order valence-electron chi connectivity index (χ1n) is 7.54. The minimum absolute atomic E-state index is 0.166. The lowest BCUT2D eigenvalue weighted by Crippen LogP contribution is -2.44. The summed E-state index contributed by atoms with van der Waals surface area (Å²) in [5.41, 5.74) is 0.166. The fourth-order valence-electron chi connectivity index (χ4n) is 2.28. The molecule has 2 heterocycles. The van der Waals surface area contributed by atoms with E-state index in [1.165, 1.54) is 0 Å². The summed E-state index contributed by atoms with van der Waals surface area (Å²) in [6, 6.07) is 7.84. The summed E-state index contributed by atoms with van der Waals surface area (Å²) in [6.45, 7) is 5.75. The number of amides is 1. The molecule has 2 rings (SSSR count). The van der Waals surface area contributed by atoms with Crippen LogP contribution in [0.3, 0.4) is 0 Å². The molecular formula is C16H21N5O. The molecule has 1 fully saturated rings. The highest BCUT2D eigenvalue weighted by Gasteiger charge is 2.17. The Morgan fingerprint density at radius 1 is 1.41 bits per heavy atom. The monoisotopic (exact) mass is 299 g/mol. The number of nitriles is 1. The third kappa shape index (κ3) is 4.22. The summed E-state index contributed by atoms with van der Waals surface area (Å²) in [5, 5.41) is 11.9. The number of nitrogens with zero attached hydrogens (tertiary/aromatic N) is 4. The Hall–Kier alpha value is -2.55. The average molecular weight is 299 g/mol. The maximum Gasteiger partial charge on any atom is 0.263 e. The van der Waals surface area contributed by atoms with Crippen LogP contribution in [0.25, 0.3) is 0 Å².